The molecular formula is C18H21ClN2O4S2. The van der Waals surface area contributed by atoms with Gasteiger partial charge in [0.1, 0.15) is 11.8 Å². The van der Waals surface area contributed by atoms with Crippen molar-refractivity contribution in [3.63, 3.8) is 0 Å². The number of amides is 1. The molecule has 1 amide bonds. The second-order valence-corrected chi connectivity index (χ2v) is 9.06. The minimum absolute atomic E-state index is 0.0204. The lowest BCUT2D eigenvalue weighted by Gasteiger charge is -2.19. The average molecular weight is 429 g/mol. The molecule has 2 aromatic carbocycles. The lowest BCUT2D eigenvalue weighted by atomic mass is 10.2. The summed E-state index contributed by atoms with van der Waals surface area (Å²) in [6.07, 6.45) is 2.17. The van der Waals surface area contributed by atoms with Crippen LogP contribution >= 0.6 is 23.4 Å². The van der Waals surface area contributed by atoms with Crippen LogP contribution in [0.1, 0.15) is 12.0 Å². The van der Waals surface area contributed by atoms with Gasteiger partial charge in [-0.25, -0.2) is 8.42 Å². The minimum atomic E-state index is -3.90. The fourth-order valence-electron chi connectivity index (χ4n) is 2.32. The second-order valence-electron chi connectivity index (χ2n) is 5.92. The highest BCUT2D eigenvalue weighted by atomic mass is 35.5. The van der Waals surface area contributed by atoms with Crippen LogP contribution < -0.4 is 10.0 Å². The molecule has 9 heteroatoms. The molecule has 0 saturated carbocycles. The Morgan fingerprint density at radius 3 is 2.48 bits per heavy atom. The van der Waals surface area contributed by atoms with Gasteiger partial charge < -0.3 is 10.4 Å². The van der Waals surface area contributed by atoms with E-state index in [0.717, 1.165) is 5.56 Å². The number of carbonyl (C=O) groups is 1. The number of anilines is 1. The molecule has 3 N–H and O–H groups in total. The molecule has 0 spiro atoms. The second kappa shape index (κ2) is 9.45. The van der Waals surface area contributed by atoms with E-state index >= 15 is 0 Å². The quantitative estimate of drug-likeness (QED) is 0.560. The first-order valence-corrected chi connectivity index (χ1v) is 11.4. The van der Waals surface area contributed by atoms with Crippen LogP contribution in [0, 0.1) is 6.92 Å². The Labute approximate surface area is 168 Å². The van der Waals surface area contributed by atoms with Gasteiger partial charge in [-0.05, 0) is 67.3 Å². The maximum Gasteiger partial charge on any atom is 0.242 e. The molecule has 0 aliphatic rings. The van der Waals surface area contributed by atoms with Crippen LogP contribution in [0.4, 0.5) is 5.69 Å². The Morgan fingerprint density at radius 1 is 1.22 bits per heavy atom. The van der Waals surface area contributed by atoms with Gasteiger partial charge in [0, 0.05) is 5.02 Å². The minimum Gasteiger partial charge on any atom is -0.506 e. The summed E-state index contributed by atoms with van der Waals surface area (Å²) in [4.78, 5) is 12.7. The highest BCUT2D eigenvalue weighted by Gasteiger charge is 2.26. The maximum absolute atomic E-state index is 12.6. The number of rotatable bonds is 8. The largest absolute Gasteiger partial charge is 0.506 e. The van der Waals surface area contributed by atoms with E-state index < -0.39 is 22.0 Å². The summed E-state index contributed by atoms with van der Waals surface area (Å²) in [6.45, 7) is 1.81. The summed E-state index contributed by atoms with van der Waals surface area (Å²) in [5.41, 5.74) is 1.07. The maximum atomic E-state index is 12.6. The third kappa shape index (κ3) is 6.14. The van der Waals surface area contributed by atoms with Gasteiger partial charge in [0.25, 0.3) is 0 Å². The van der Waals surface area contributed by atoms with E-state index in [1.54, 1.807) is 12.1 Å². The van der Waals surface area contributed by atoms with Crippen LogP contribution in [0.5, 0.6) is 5.75 Å². The Balaban J connectivity index is 2.20. The predicted molar refractivity (Wildman–Crippen MR) is 110 cm³/mol. The zero-order valence-electron chi connectivity index (χ0n) is 14.9. The van der Waals surface area contributed by atoms with Gasteiger partial charge >= 0.3 is 0 Å². The first-order chi connectivity index (χ1) is 12.7. The monoisotopic (exact) mass is 428 g/mol. The molecule has 2 rings (SSSR count). The number of phenolic OH excluding ortho intramolecular Hbond substituents is 1. The van der Waals surface area contributed by atoms with Gasteiger partial charge in [-0.1, -0.05) is 17.7 Å². The number of halogens is 1. The van der Waals surface area contributed by atoms with E-state index in [4.69, 9.17) is 11.6 Å². The SMILES string of the molecule is CSCCC(NS(=O)(=O)c1ccc(Cl)cc1)C(=O)Nc1ccc(C)cc1O. The molecular weight excluding hydrogens is 408 g/mol. The molecule has 27 heavy (non-hydrogen) atoms. The van der Waals surface area contributed by atoms with E-state index in [0.29, 0.717) is 17.2 Å². The molecule has 6 nitrogen and oxygen atoms in total. The lowest BCUT2D eigenvalue weighted by Crippen LogP contribution is -2.44. The number of carbonyl (C=O) groups excluding carboxylic acids is 1. The standard InChI is InChI=1S/C18H21ClN2O4S2/c1-12-3-8-15(17(22)11-12)20-18(23)16(9-10-26-2)21-27(24,25)14-6-4-13(19)5-7-14/h3-8,11,16,21-22H,9-10H2,1-2H3,(H,20,23). The number of hydrogen-bond acceptors (Lipinski definition) is 5. The summed E-state index contributed by atoms with van der Waals surface area (Å²) < 4.78 is 27.6. The van der Waals surface area contributed by atoms with Crippen molar-refractivity contribution >= 4 is 45.0 Å². The molecule has 1 atom stereocenters. The van der Waals surface area contributed by atoms with E-state index in [2.05, 4.69) is 10.0 Å². The topological polar surface area (TPSA) is 95.5 Å². The van der Waals surface area contributed by atoms with Crippen molar-refractivity contribution in [1.29, 1.82) is 0 Å². The molecule has 0 bridgehead atoms. The summed E-state index contributed by atoms with van der Waals surface area (Å²) >= 11 is 7.30. The van der Waals surface area contributed by atoms with Crippen molar-refractivity contribution in [1.82, 2.24) is 4.72 Å². The Hall–Kier alpha value is -1.74. The average Bonchev–Trinajstić information content (AvgIpc) is 2.61. The molecule has 0 aromatic heterocycles. The molecule has 0 radical (unpaired) electrons. The van der Waals surface area contributed by atoms with Crippen molar-refractivity contribution < 1.29 is 18.3 Å². The fourth-order valence-corrected chi connectivity index (χ4v) is 4.14. The van der Waals surface area contributed by atoms with E-state index in [-0.39, 0.29) is 16.3 Å². The molecule has 0 aliphatic carbocycles. The normalized spacial score (nSPS) is 12.6. The number of aromatic hydroxyl groups is 1. The molecule has 2 aromatic rings. The van der Waals surface area contributed by atoms with Crippen molar-refractivity contribution in [3.8, 4) is 5.75 Å². The first-order valence-electron chi connectivity index (χ1n) is 8.10. The highest BCUT2D eigenvalue weighted by Crippen LogP contribution is 2.24. The molecule has 0 aliphatic heterocycles. The Morgan fingerprint density at radius 2 is 1.89 bits per heavy atom. The number of hydrogen-bond donors (Lipinski definition) is 3. The first kappa shape index (κ1) is 21.6. The fraction of sp³-hybridized carbons (Fsp3) is 0.278. The zero-order valence-corrected chi connectivity index (χ0v) is 17.3. The Bertz CT molecular complexity index is 902. The third-order valence-corrected chi connectivity index (χ3v) is 6.14. The van der Waals surface area contributed by atoms with Crippen molar-refractivity contribution in [3.05, 3.63) is 53.1 Å². The van der Waals surface area contributed by atoms with Gasteiger partial charge in [-0.2, -0.15) is 16.5 Å². The van der Waals surface area contributed by atoms with E-state index in [9.17, 15) is 18.3 Å². The van der Waals surface area contributed by atoms with Crippen LogP contribution in [-0.2, 0) is 14.8 Å². The van der Waals surface area contributed by atoms with Gasteiger partial charge in [-0.15, -0.1) is 0 Å². The number of thioether (sulfide) groups is 1. The van der Waals surface area contributed by atoms with Gasteiger partial charge in [0.05, 0.1) is 10.6 Å². The summed E-state index contributed by atoms with van der Waals surface area (Å²) in [5, 5.41) is 13.0. The summed E-state index contributed by atoms with van der Waals surface area (Å²) in [5.74, 6) is -0.0329. The molecule has 0 heterocycles. The molecule has 0 fully saturated rings. The van der Waals surface area contributed by atoms with Crippen molar-refractivity contribution in [2.45, 2.75) is 24.3 Å². The summed E-state index contributed by atoms with van der Waals surface area (Å²) in [7, 11) is -3.90. The molecule has 0 saturated heterocycles. The molecule has 146 valence electrons. The number of aryl methyl sites for hydroxylation is 1. The van der Waals surface area contributed by atoms with E-state index in [1.807, 2.05) is 13.2 Å². The number of nitrogens with one attached hydrogen (secondary N) is 2. The van der Waals surface area contributed by atoms with Gasteiger partial charge in [-0.3, -0.25) is 4.79 Å². The Kier molecular flexibility index (Phi) is 7.55. The smallest absolute Gasteiger partial charge is 0.242 e. The van der Waals surface area contributed by atoms with Gasteiger partial charge in [0.15, 0.2) is 0 Å². The number of sulfonamides is 1. The van der Waals surface area contributed by atoms with Crippen molar-refractivity contribution in [2.24, 2.45) is 0 Å². The third-order valence-electron chi connectivity index (χ3n) is 3.76. The van der Waals surface area contributed by atoms with Crippen LogP contribution in [0.3, 0.4) is 0 Å². The van der Waals surface area contributed by atoms with Crippen molar-refractivity contribution in [2.75, 3.05) is 17.3 Å². The van der Waals surface area contributed by atoms with E-state index in [1.165, 1.54) is 42.1 Å². The number of phenols is 1. The lowest BCUT2D eigenvalue weighted by molar-refractivity contribution is -0.117. The summed E-state index contributed by atoms with van der Waals surface area (Å²) in [6, 6.07) is 9.53. The number of benzene rings is 2. The van der Waals surface area contributed by atoms with Gasteiger partial charge in [0.2, 0.25) is 15.9 Å². The van der Waals surface area contributed by atoms with Crippen LogP contribution in [0.25, 0.3) is 0 Å². The molecule has 1 unspecified atom stereocenters. The zero-order chi connectivity index (χ0) is 20.0. The predicted octanol–water partition coefficient (Wildman–Crippen LogP) is 3.39. The van der Waals surface area contributed by atoms with Crippen LogP contribution in [0.2, 0.25) is 5.02 Å². The van der Waals surface area contributed by atoms with Crippen LogP contribution in [-0.4, -0.2) is 37.5 Å². The highest BCUT2D eigenvalue weighted by molar-refractivity contribution is 7.98. The van der Waals surface area contributed by atoms with Crippen LogP contribution in [0.15, 0.2) is 47.4 Å².